The molecule has 0 bridgehead atoms. The molecule has 17 heavy (non-hydrogen) atoms. The molecule has 0 aliphatic heterocycles. The first kappa shape index (κ1) is 11.6. The molecule has 2 aromatic carbocycles. The molecule has 0 aliphatic rings. The summed E-state index contributed by atoms with van der Waals surface area (Å²) in [6, 6.07) is 11.8. The average Bonchev–Trinajstić information content (AvgIpc) is 2.33. The van der Waals surface area contributed by atoms with Crippen LogP contribution in [0.2, 0.25) is 0 Å². The van der Waals surface area contributed by atoms with Gasteiger partial charge in [-0.3, -0.25) is 0 Å². The van der Waals surface area contributed by atoms with E-state index >= 15 is 0 Å². The van der Waals surface area contributed by atoms with Crippen LogP contribution in [-0.2, 0) is 6.54 Å². The summed E-state index contributed by atoms with van der Waals surface area (Å²) in [7, 11) is 0. The van der Waals surface area contributed by atoms with E-state index in [1.54, 1.807) is 6.07 Å². The molecule has 0 heterocycles. The van der Waals surface area contributed by atoms with Crippen molar-refractivity contribution in [3.63, 3.8) is 0 Å². The van der Waals surface area contributed by atoms with Crippen molar-refractivity contribution in [3.8, 4) is 0 Å². The predicted molar refractivity (Wildman–Crippen MR) is 64.9 cm³/mol. The third-order valence-electron chi connectivity index (χ3n) is 2.53. The van der Waals surface area contributed by atoms with E-state index in [1.807, 2.05) is 31.2 Å². The van der Waals surface area contributed by atoms with E-state index < -0.39 is 11.6 Å². The Hall–Kier alpha value is -1.90. The second kappa shape index (κ2) is 4.95. The molecule has 0 atom stereocenters. The summed E-state index contributed by atoms with van der Waals surface area (Å²) < 4.78 is 25.7. The van der Waals surface area contributed by atoms with Gasteiger partial charge in [0.05, 0.1) is 0 Å². The molecule has 1 nitrogen and oxygen atoms in total. The average molecular weight is 233 g/mol. The normalized spacial score (nSPS) is 10.3. The number of rotatable bonds is 3. The lowest BCUT2D eigenvalue weighted by Gasteiger charge is -2.07. The third-order valence-corrected chi connectivity index (χ3v) is 2.53. The van der Waals surface area contributed by atoms with Crippen LogP contribution in [0.3, 0.4) is 0 Å². The smallest absolute Gasteiger partial charge is 0.159 e. The lowest BCUT2D eigenvalue weighted by atomic mass is 10.2. The van der Waals surface area contributed by atoms with Crippen molar-refractivity contribution in [2.75, 3.05) is 5.32 Å². The topological polar surface area (TPSA) is 12.0 Å². The van der Waals surface area contributed by atoms with Gasteiger partial charge in [0.1, 0.15) is 0 Å². The molecule has 2 aromatic rings. The van der Waals surface area contributed by atoms with Gasteiger partial charge in [0.15, 0.2) is 11.6 Å². The van der Waals surface area contributed by atoms with Crippen LogP contribution in [0.25, 0.3) is 0 Å². The van der Waals surface area contributed by atoms with Gasteiger partial charge in [0.2, 0.25) is 0 Å². The molecule has 0 spiro atoms. The van der Waals surface area contributed by atoms with Crippen molar-refractivity contribution in [3.05, 3.63) is 65.2 Å². The van der Waals surface area contributed by atoms with Crippen molar-refractivity contribution in [1.82, 2.24) is 0 Å². The summed E-state index contributed by atoms with van der Waals surface area (Å²) in [5.41, 5.74) is 2.85. The minimum Gasteiger partial charge on any atom is -0.381 e. The van der Waals surface area contributed by atoms with Gasteiger partial charge in [0.25, 0.3) is 0 Å². The fourth-order valence-electron chi connectivity index (χ4n) is 1.53. The van der Waals surface area contributed by atoms with Crippen LogP contribution in [0.5, 0.6) is 0 Å². The molecule has 0 amide bonds. The summed E-state index contributed by atoms with van der Waals surface area (Å²) in [4.78, 5) is 0. The van der Waals surface area contributed by atoms with Gasteiger partial charge in [-0.1, -0.05) is 23.8 Å². The van der Waals surface area contributed by atoms with Gasteiger partial charge in [0, 0.05) is 12.2 Å². The van der Waals surface area contributed by atoms with Gasteiger partial charge >= 0.3 is 0 Å². The van der Waals surface area contributed by atoms with Gasteiger partial charge in [-0.25, -0.2) is 8.78 Å². The van der Waals surface area contributed by atoms with E-state index in [0.29, 0.717) is 12.1 Å². The molecule has 0 aliphatic carbocycles. The second-order valence-electron chi connectivity index (χ2n) is 3.97. The first-order valence-electron chi connectivity index (χ1n) is 5.39. The quantitative estimate of drug-likeness (QED) is 0.848. The summed E-state index contributed by atoms with van der Waals surface area (Å²) in [5.74, 6) is -1.63. The highest BCUT2D eigenvalue weighted by molar-refractivity contribution is 5.44. The Morgan fingerprint density at radius 3 is 2.29 bits per heavy atom. The number of aryl methyl sites for hydroxylation is 1. The minimum atomic E-state index is -0.816. The van der Waals surface area contributed by atoms with E-state index in [2.05, 4.69) is 5.32 Å². The van der Waals surface area contributed by atoms with E-state index in [-0.39, 0.29) is 0 Å². The predicted octanol–water partition coefficient (Wildman–Crippen LogP) is 3.89. The Labute approximate surface area is 99.1 Å². The number of hydrogen-bond acceptors (Lipinski definition) is 1. The lowest BCUT2D eigenvalue weighted by Crippen LogP contribution is -2.00. The van der Waals surface area contributed by atoms with E-state index in [9.17, 15) is 8.78 Å². The van der Waals surface area contributed by atoms with Crippen molar-refractivity contribution < 1.29 is 8.78 Å². The van der Waals surface area contributed by atoms with Crippen LogP contribution in [0.4, 0.5) is 14.5 Å². The zero-order chi connectivity index (χ0) is 12.3. The Morgan fingerprint density at radius 2 is 1.65 bits per heavy atom. The zero-order valence-electron chi connectivity index (χ0n) is 9.50. The number of hydrogen-bond donors (Lipinski definition) is 1. The van der Waals surface area contributed by atoms with Crippen LogP contribution < -0.4 is 5.32 Å². The summed E-state index contributed by atoms with van der Waals surface area (Å²) in [6.45, 7) is 2.49. The molecule has 3 heteroatoms. The molecule has 1 N–H and O–H groups in total. The second-order valence-corrected chi connectivity index (χ2v) is 3.97. The van der Waals surface area contributed by atoms with E-state index in [0.717, 1.165) is 11.8 Å². The molecule has 0 radical (unpaired) electrons. The van der Waals surface area contributed by atoms with Gasteiger partial charge in [-0.15, -0.1) is 0 Å². The summed E-state index contributed by atoms with van der Waals surface area (Å²) in [6.07, 6.45) is 0. The van der Waals surface area contributed by atoms with Crippen LogP contribution >= 0.6 is 0 Å². The highest BCUT2D eigenvalue weighted by Crippen LogP contribution is 2.12. The molecule has 88 valence electrons. The Bertz CT molecular complexity index is 506. The van der Waals surface area contributed by atoms with Crippen LogP contribution in [0.15, 0.2) is 42.5 Å². The number of nitrogens with one attached hydrogen (secondary N) is 1. The third kappa shape index (κ3) is 3.03. The van der Waals surface area contributed by atoms with Crippen molar-refractivity contribution in [2.24, 2.45) is 0 Å². The molecular formula is C14H13F2N. The Balaban J connectivity index is 2.02. The van der Waals surface area contributed by atoms with Crippen molar-refractivity contribution in [1.29, 1.82) is 0 Å². The van der Waals surface area contributed by atoms with Crippen LogP contribution in [0, 0.1) is 18.6 Å². The molecule has 0 unspecified atom stereocenters. The Morgan fingerprint density at radius 1 is 0.941 bits per heavy atom. The molecule has 0 saturated carbocycles. The van der Waals surface area contributed by atoms with Crippen molar-refractivity contribution in [2.45, 2.75) is 13.5 Å². The first-order valence-corrected chi connectivity index (χ1v) is 5.39. The summed E-state index contributed by atoms with van der Waals surface area (Å²) in [5, 5.41) is 3.15. The molecule has 0 fully saturated rings. The number of anilines is 1. The van der Waals surface area contributed by atoms with Gasteiger partial charge in [-0.05, 0) is 36.8 Å². The van der Waals surface area contributed by atoms with E-state index in [1.165, 1.54) is 11.6 Å². The summed E-state index contributed by atoms with van der Waals surface area (Å²) >= 11 is 0. The number of benzene rings is 2. The van der Waals surface area contributed by atoms with E-state index in [4.69, 9.17) is 0 Å². The maximum atomic E-state index is 13.0. The minimum absolute atomic E-state index is 0.472. The van der Waals surface area contributed by atoms with Crippen molar-refractivity contribution >= 4 is 5.69 Å². The van der Waals surface area contributed by atoms with Crippen LogP contribution in [-0.4, -0.2) is 0 Å². The number of halogens is 2. The largest absolute Gasteiger partial charge is 0.381 e. The zero-order valence-corrected chi connectivity index (χ0v) is 9.50. The van der Waals surface area contributed by atoms with Gasteiger partial charge < -0.3 is 5.32 Å². The Kier molecular flexibility index (Phi) is 3.38. The fourth-order valence-corrected chi connectivity index (χ4v) is 1.53. The first-order chi connectivity index (χ1) is 8.15. The molecule has 0 saturated heterocycles. The highest BCUT2D eigenvalue weighted by Gasteiger charge is 2.02. The fraction of sp³-hybridized carbons (Fsp3) is 0.143. The highest BCUT2D eigenvalue weighted by atomic mass is 19.2. The molecular weight excluding hydrogens is 220 g/mol. The SMILES string of the molecule is Cc1ccc(NCc2ccc(F)c(F)c2)cc1. The van der Waals surface area contributed by atoms with Crippen LogP contribution in [0.1, 0.15) is 11.1 Å². The standard InChI is InChI=1S/C14H13F2N/c1-10-2-5-12(6-3-10)17-9-11-4-7-13(15)14(16)8-11/h2-8,17H,9H2,1H3. The maximum Gasteiger partial charge on any atom is 0.159 e. The molecule has 0 aromatic heterocycles. The maximum absolute atomic E-state index is 13.0. The monoisotopic (exact) mass is 233 g/mol. The lowest BCUT2D eigenvalue weighted by molar-refractivity contribution is 0.507. The van der Waals surface area contributed by atoms with Gasteiger partial charge in [-0.2, -0.15) is 0 Å². The molecule has 2 rings (SSSR count).